The van der Waals surface area contributed by atoms with Gasteiger partial charge in [-0.05, 0) is 42.5 Å². The van der Waals surface area contributed by atoms with Crippen LogP contribution in [0.15, 0.2) is 46.9 Å². The fourth-order valence-electron chi connectivity index (χ4n) is 1.89. The van der Waals surface area contributed by atoms with E-state index in [2.05, 4.69) is 15.9 Å². The lowest BCUT2D eigenvalue weighted by atomic mass is 10.1. The Labute approximate surface area is 142 Å². The Kier molecular flexibility index (Phi) is 5.76. The lowest BCUT2D eigenvalue weighted by molar-refractivity contribution is 0.0474. The number of methoxy groups -OCH3 is 2. The third-order valence-corrected chi connectivity index (χ3v) is 3.65. The zero-order valence-corrected chi connectivity index (χ0v) is 14.3. The molecule has 0 bridgehead atoms. The molecule has 2 aromatic carbocycles. The Hall–Kier alpha value is -2.34. The van der Waals surface area contributed by atoms with Gasteiger partial charge in [-0.15, -0.1) is 0 Å². The minimum Gasteiger partial charge on any atom is -0.493 e. The molecule has 0 atom stereocenters. The molecular weight excluding hydrogens is 364 g/mol. The molecule has 6 heteroatoms. The first-order valence-electron chi connectivity index (χ1n) is 6.73. The van der Waals surface area contributed by atoms with Crippen LogP contribution >= 0.6 is 15.9 Å². The molecule has 0 spiro atoms. The van der Waals surface area contributed by atoms with Crippen LogP contribution in [0.5, 0.6) is 11.5 Å². The zero-order valence-electron chi connectivity index (χ0n) is 12.7. The molecule has 0 unspecified atom stereocenters. The predicted molar refractivity (Wildman–Crippen MR) is 88.3 cm³/mol. The molecule has 0 fully saturated rings. The van der Waals surface area contributed by atoms with E-state index in [0.29, 0.717) is 22.6 Å². The molecular formula is C17H15BrO5. The van der Waals surface area contributed by atoms with Crippen LogP contribution in [0, 0.1) is 0 Å². The Morgan fingerprint density at radius 3 is 2.13 bits per heavy atom. The second kappa shape index (κ2) is 7.78. The highest BCUT2D eigenvalue weighted by Gasteiger charge is 2.14. The van der Waals surface area contributed by atoms with Crippen molar-refractivity contribution in [3.63, 3.8) is 0 Å². The van der Waals surface area contributed by atoms with Crippen molar-refractivity contribution in [3.05, 3.63) is 58.1 Å². The van der Waals surface area contributed by atoms with Gasteiger partial charge in [0.2, 0.25) is 0 Å². The van der Waals surface area contributed by atoms with Gasteiger partial charge in [-0.2, -0.15) is 0 Å². The maximum Gasteiger partial charge on any atom is 0.338 e. The first-order valence-corrected chi connectivity index (χ1v) is 7.52. The number of hydrogen-bond donors (Lipinski definition) is 0. The number of esters is 1. The summed E-state index contributed by atoms with van der Waals surface area (Å²) in [5.74, 6) is 0.0937. The number of Topliss-reactive ketones (excluding diaryl/α,β-unsaturated/α-hetero) is 1. The topological polar surface area (TPSA) is 61.8 Å². The maximum absolute atomic E-state index is 12.1. The van der Waals surface area contributed by atoms with E-state index in [1.807, 2.05) is 0 Å². The van der Waals surface area contributed by atoms with Crippen molar-refractivity contribution in [3.8, 4) is 11.5 Å². The summed E-state index contributed by atoms with van der Waals surface area (Å²) in [5, 5.41) is 0. The summed E-state index contributed by atoms with van der Waals surface area (Å²) in [6.07, 6.45) is 0. The van der Waals surface area contributed by atoms with Gasteiger partial charge >= 0.3 is 5.97 Å². The van der Waals surface area contributed by atoms with E-state index in [-0.39, 0.29) is 12.4 Å². The summed E-state index contributed by atoms with van der Waals surface area (Å²) in [4.78, 5) is 24.0. The SMILES string of the molecule is COc1ccc(C(=O)COC(=O)c2ccc(Br)cc2)cc1OC. The highest BCUT2D eigenvalue weighted by atomic mass is 79.9. The normalized spacial score (nSPS) is 10.0. The molecule has 0 aliphatic carbocycles. The van der Waals surface area contributed by atoms with E-state index >= 15 is 0 Å². The zero-order chi connectivity index (χ0) is 16.8. The van der Waals surface area contributed by atoms with E-state index < -0.39 is 5.97 Å². The molecule has 0 heterocycles. The number of carbonyl (C=O) groups excluding carboxylic acids is 2. The molecule has 120 valence electrons. The lowest BCUT2D eigenvalue weighted by Gasteiger charge is -2.09. The van der Waals surface area contributed by atoms with Gasteiger partial charge in [-0.1, -0.05) is 15.9 Å². The van der Waals surface area contributed by atoms with Crippen LogP contribution in [0.2, 0.25) is 0 Å². The molecule has 23 heavy (non-hydrogen) atoms. The number of halogens is 1. The van der Waals surface area contributed by atoms with Crippen molar-refractivity contribution in [2.75, 3.05) is 20.8 Å². The average Bonchev–Trinajstić information content (AvgIpc) is 2.59. The third-order valence-electron chi connectivity index (χ3n) is 3.12. The summed E-state index contributed by atoms with van der Waals surface area (Å²) < 4.78 is 16.2. The van der Waals surface area contributed by atoms with Crippen molar-refractivity contribution in [2.45, 2.75) is 0 Å². The minimum atomic E-state index is -0.550. The summed E-state index contributed by atoms with van der Waals surface area (Å²) >= 11 is 3.28. The van der Waals surface area contributed by atoms with Gasteiger partial charge in [-0.3, -0.25) is 4.79 Å². The average molecular weight is 379 g/mol. The molecule has 0 aliphatic heterocycles. The number of hydrogen-bond acceptors (Lipinski definition) is 5. The molecule has 0 radical (unpaired) electrons. The summed E-state index contributed by atoms with van der Waals surface area (Å²) in [6.45, 7) is -0.343. The number of benzene rings is 2. The van der Waals surface area contributed by atoms with Gasteiger partial charge in [-0.25, -0.2) is 4.79 Å². The molecule has 0 aliphatic rings. The Bertz CT molecular complexity index is 709. The number of ketones is 1. The standard InChI is InChI=1S/C17H15BrO5/c1-21-15-8-5-12(9-16(15)22-2)14(19)10-23-17(20)11-3-6-13(18)7-4-11/h3-9H,10H2,1-2H3. The molecule has 0 N–H and O–H groups in total. The van der Waals surface area contributed by atoms with Crippen LogP contribution in [-0.2, 0) is 4.74 Å². The fraction of sp³-hybridized carbons (Fsp3) is 0.176. The highest BCUT2D eigenvalue weighted by Crippen LogP contribution is 2.27. The Balaban J connectivity index is 2.02. The minimum absolute atomic E-state index is 0.323. The summed E-state index contributed by atoms with van der Waals surface area (Å²) in [7, 11) is 3.00. The van der Waals surface area contributed by atoms with Crippen LogP contribution in [0.4, 0.5) is 0 Å². The van der Waals surface area contributed by atoms with Crippen molar-refractivity contribution >= 4 is 27.7 Å². The Morgan fingerprint density at radius 2 is 1.52 bits per heavy atom. The van der Waals surface area contributed by atoms with Crippen molar-refractivity contribution in [1.82, 2.24) is 0 Å². The second-order valence-electron chi connectivity index (χ2n) is 4.58. The van der Waals surface area contributed by atoms with Crippen LogP contribution in [0.1, 0.15) is 20.7 Å². The third kappa shape index (κ3) is 4.32. The van der Waals surface area contributed by atoms with Gasteiger partial charge in [0.1, 0.15) is 0 Å². The summed E-state index contributed by atoms with van der Waals surface area (Å²) in [6, 6.07) is 11.5. The second-order valence-corrected chi connectivity index (χ2v) is 5.49. The largest absolute Gasteiger partial charge is 0.493 e. The van der Waals surface area contributed by atoms with Gasteiger partial charge < -0.3 is 14.2 Å². The van der Waals surface area contributed by atoms with Crippen molar-refractivity contribution in [1.29, 1.82) is 0 Å². The lowest BCUT2D eigenvalue weighted by Crippen LogP contribution is -2.14. The molecule has 5 nitrogen and oxygen atoms in total. The molecule has 2 aromatic rings. The van der Waals surface area contributed by atoms with Crippen LogP contribution in [0.3, 0.4) is 0 Å². The van der Waals surface area contributed by atoms with Crippen LogP contribution in [0.25, 0.3) is 0 Å². The van der Waals surface area contributed by atoms with Gasteiger partial charge in [0, 0.05) is 10.0 Å². The van der Waals surface area contributed by atoms with Gasteiger partial charge in [0.15, 0.2) is 23.9 Å². The number of rotatable bonds is 6. The smallest absolute Gasteiger partial charge is 0.338 e. The van der Waals surface area contributed by atoms with Gasteiger partial charge in [0.25, 0.3) is 0 Å². The molecule has 0 saturated carbocycles. The van der Waals surface area contributed by atoms with Crippen LogP contribution < -0.4 is 9.47 Å². The van der Waals surface area contributed by atoms with E-state index in [1.165, 1.54) is 14.2 Å². The molecule has 0 amide bonds. The number of ether oxygens (including phenoxy) is 3. The molecule has 0 saturated heterocycles. The summed E-state index contributed by atoms with van der Waals surface area (Å²) in [5.41, 5.74) is 0.763. The highest BCUT2D eigenvalue weighted by molar-refractivity contribution is 9.10. The van der Waals surface area contributed by atoms with Crippen LogP contribution in [-0.4, -0.2) is 32.6 Å². The molecule has 2 rings (SSSR count). The first kappa shape index (κ1) is 17.0. The monoisotopic (exact) mass is 378 g/mol. The van der Waals surface area contributed by atoms with E-state index in [9.17, 15) is 9.59 Å². The first-order chi connectivity index (χ1) is 11.0. The van der Waals surface area contributed by atoms with Crippen molar-refractivity contribution < 1.29 is 23.8 Å². The van der Waals surface area contributed by atoms with E-state index in [1.54, 1.807) is 42.5 Å². The predicted octanol–water partition coefficient (Wildman–Crippen LogP) is 3.51. The van der Waals surface area contributed by atoms with E-state index in [0.717, 1.165) is 4.47 Å². The quantitative estimate of drug-likeness (QED) is 0.568. The van der Waals surface area contributed by atoms with Crippen molar-refractivity contribution in [2.24, 2.45) is 0 Å². The Morgan fingerprint density at radius 1 is 0.913 bits per heavy atom. The van der Waals surface area contributed by atoms with Gasteiger partial charge in [0.05, 0.1) is 19.8 Å². The number of carbonyl (C=O) groups is 2. The van der Waals surface area contributed by atoms with E-state index in [4.69, 9.17) is 14.2 Å². The fourth-order valence-corrected chi connectivity index (χ4v) is 2.16. The molecule has 0 aromatic heterocycles. The maximum atomic E-state index is 12.1.